The van der Waals surface area contributed by atoms with Crippen molar-refractivity contribution in [1.29, 1.82) is 0 Å². The second-order valence-electron chi connectivity index (χ2n) is 7.58. The molecule has 0 unspecified atom stereocenters. The molecule has 0 aromatic heterocycles. The lowest BCUT2D eigenvalue weighted by Gasteiger charge is -2.34. The van der Waals surface area contributed by atoms with Crippen molar-refractivity contribution in [2.45, 2.75) is 51.6 Å². The zero-order valence-electron chi connectivity index (χ0n) is 14.9. The fraction of sp³-hybridized carbons (Fsp3) is 0.600. The van der Waals surface area contributed by atoms with Crippen molar-refractivity contribution in [2.24, 2.45) is 5.92 Å². The number of benzene rings is 1. The van der Waals surface area contributed by atoms with E-state index in [9.17, 15) is 9.59 Å². The maximum absolute atomic E-state index is 12.8. The predicted molar refractivity (Wildman–Crippen MR) is 94.4 cm³/mol. The SMILES string of the molecule is C[C@H]1COc2ccc(C(=O)N3CCCC3)cc2CN1C(=O)C1CCC1. The van der Waals surface area contributed by atoms with E-state index in [1.807, 2.05) is 34.9 Å². The largest absolute Gasteiger partial charge is 0.491 e. The van der Waals surface area contributed by atoms with Gasteiger partial charge in [0.25, 0.3) is 5.91 Å². The maximum atomic E-state index is 12.8. The molecular weight excluding hydrogens is 316 g/mol. The second kappa shape index (κ2) is 6.70. The smallest absolute Gasteiger partial charge is 0.253 e. The highest BCUT2D eigenvalue weighted by atomic mass is 16.5. The van der Waals surface area contributed by atoms with E-state index in [4.69, 9.17) is 4.74 Å². The fourth-order valence-electron chi connectivity index (χ4n) is 3.90. The Morgan fingerprint density at radius 1 is 1.12 bits per heavy atom. The Kier molecular flexibility index (Phi) is 4.40. The van der Waals surface area contributed by atoms with Gasteiger partial charge in [-0.2, -0.15) is 0 Å². The first kappa shape index (κ1) is 16.4. The van der Waals surface area contributed by atoms with Gasteiger partial charge in [0.1, 0.15) is 12.4 Å². The zero-order chi connectivity index (χ0) is 17.4. The van der Waals surface area contributed by atoms with Gasteiger partial charge in [-0.15, -0.1) is 0 Å². The van der Waals surface area contributed by atoms with Crippen LogP contribution in [0.5, 0.6) is 5.75 Å². The first-order chi connectivity index (χ1) is 12.1. The number of amides is 2. The zero-order valence-corrected chi connectivity index (χ0v) is 14.9. The molecule has 1 saturated heterocycles. The van der Waals surface area contributed by atoms with Crippen molar-refractivity contribution in [2.75, 3.05) is 19.7 Å². The van der Waals surface area contributed by atoms with Gasteiger partial charge < -0.3 is 14.5 Å². The summed E-state index contributed by atoms with van der Waals surface area (Å²) in [4.78, 5) is 29.3. The molecule has 0 spiro atoms. The molecule has 3 aliphatic rings. The Morgan fingerprint density at radius 3 is 2.56 bits per heavy atom. The lowest BCUT2D eigenvalue weighted by molar-refractivity contribution is -0.141. The topological polar surface area (TPSA) is 49.9 Å². The Balaban J connectivity index is 1.57. The van der Waals surface area contributed by atoms with Gasteiger partial charge in [-0.3, -0.25) is 9.59 Å². The average Bonchev–Trinajstić information content (AvgIpc) is 3.04. The molecule has 0 bridgehead atoms. The van der Waals surface area contributed by atoms with Gasteiger partial charge in [0.15, 0.2) is 0 Å². The van der Waals surface area contributed by atoms with Crippen LogP contribution in [0, 0.1) is 5.92 Å². The highest BCUT2D eigenvalue weighted by Gasteiger charge is 2.34. The number of ether oxygens (including phenoxy) is 1. The quantitative estimate of drug-likeness (QED) is 0.830. The number of carbonyl (C=O) groups excluding carboxylic acids is 2. The Hall–Kier alpha value is -2.04. The van der Waals surface area contributed by atoms with E-state index in [1.165, 1.54) is 0 Å². The molecule has 2 amide bonds. The van der Waals surface area contributed by atoms with Gasteiger partial charge in [0.2, 0.25) is 5.91 Å². The Bertz CT molecular complexity index is 678. The van der Waals surface area contributed by atoms with Crippen LogP contribution in [-0.4, -0.2) is 47.4 Å². The molecular formula is C20H26N2O3. The first-order valence-corrected chi connectivity index (χ1v) is 9.49. The van der Waals surface area contributed by atoms with E-state index in [0.29, 0.717) is 18.7 Å². The summed E-state index contributed by atoms with van der Waals surface area (Å²) in [6.07, 6.45) is 5.33. The molecule has 1 aliphatic carbocycles. The molecule has 2 heterocycles. The summed E-state index contributed by atoms with van der Waals surface area (Å²) in [5, 5.41) is 0. The maximum Gasteiger partial charge on any atom is 0.253 e. The van der Waals surface area contributed by atoms with E-state index in [2.05, 4.69) is 0 Å². The van der Waals surface area contributed by atoms with Crippen molar-refractivity contribution in [1.82, 2.24) is 9.80 Å². The summed E-state index contributed by atoms with van der Waals surface area (Å²) < 4.78 is 5.91. The summed E-state index contributed by atoms with van der Waals surface area (Å²) in [7, 11) is 0. The minimum absolute atomic E-state index is 0.0539. The Morgan fingerprint density at radius 2 is 1.88 bits per heavy atom. The summed E-state index contributed by atoms with van der Waals surface area (Å²) in [6, 6.07) is 5.73. The summed E-state index contributed by atoms with van der Waals surface area (Å²) in [5.41, 5.74) is 1.65. The minimum atomic E-state index is 0.0539. The van der Waals surface area contributed by atoms with Crippen LogP contribution < -0.4 is 4.74 Å². The second-order valence-corrected chi connectivity index (χ2v) is 7.58. The lowest BCUT2D eigenvalue weighted by atomic mass is 9.84. The van der Waals surface area contributed by atoms with Crippen molar-refractivity contribution < 1.29 is 14.3 Å². The monoisotopic (exact) mass is 342 g/mol. The van der Waals surface area contributed by atoms with Gasteiger partial charge in [-0.1, -0.05) is 6.42 Å². The van der Waals surface area contributed by atoms with Crippen LogP contribution in [-0.2, 0) is 11.3 Å². The van der Waals surface area contributed by atoms with Crippen LogP contribution in [0.2, 0.25) is 0 Å². The minimum Gasteiger partial charge on any atom is -0.491 e. The van der Waals surface area contributed by atoms with E-state index >= 15 is 0 Å². The molecule has 0 N–H and O–H groups in total. The number of rotatable bonds is 2. The van der Waals surface area contributed by atoms with Crippen LogP contribution in [0.4, 0.5) is 0 Å². The molecule has 134 valence electrons. The van der Waals surface area contributed by atoms with Crippen molar-refractivity contribution in [3.63, 3.8) is 0 Å². The van der Waals surface area contributed by atoms with Gasteiger partial charge in [-0.25, -0.2) is 0 Å². The molecule has 4 rings (SSSR count). The van der Waals surface area contributed by atoms with Gasteiger partial charge in [0, 0.05) is 36.7 Å². The molecule has 1 saturated carbocycles. The molecule has 5 heteroatoms. The standard InChI is InChI=1S/C20H26N2O3/c1-14-13-25-18-8-7-16(19(23)21-9-2-3-10-21)11-17(18)12-22(14)20(24)15-5-4-6-15/h7-8,11,14-15H,2-6,9-10,12-13H2,1H3/t14-/m0/s1. The summed E-state index contributed by atoms with van der Waals surface area (Å²) in [6.45, 7) is 4.77. The van der Waals surface area contributed by atoms with Crippen molar-refractivity contribution in [3.8, 4) is 5.75 Å². The van der Waals surface area contributed by atoms with Crippen LogP contribution >= 0.6 is 0 Å². The highest BCUT2D eigenvalue weighted by molar-refractivity contribution is 5.94. The number of hydrogen-bond acceptors (Lipinski definition) is 3. The van der Waals surface area contributed by atoms with Crippen LogP contribution in [0.25, 0.3) is 0 Å². The van der Waals surface area contributed by atoms with Crippen LogP contribution in [0.1, 0.15) is 54.9 Å². The van der Waals surface area contributed by atoms with Crippen LogP contribution in [0.3, 0.4) is 0 Å². The normalized spacial score (nSPS) is 23.5. The van der Waals surface area contributed by atoms with Gasteiger partial charge in [0.05, 0.1) is 6.04 Å². The third kappa shape index (κ3) is 3.12. The number of fused-ring (bicyclic) bond motifs is 1. The third-order valence-corrected chi connectivity index (χ3v) is 5.79. The summed E-state index contributed by atoms with van der Waals surface area (Å²) in [5.74, 6) is 1.31. The summed E-state index contributed by atoms with van der Waals surface area (Å²) >= 11 is 0. The van der Waals surface area contributed by atoms with Gasteiger partial charge in [-0.05, 0) is 50.8 Å². The molecule has 1 atom stereocenters. The molecule has 1 aromatic carbocycles. The van der Waals surface area contributed by atoms with Crippen molar-refractivity contribution in [3.05, 3.63) is 29.3 Å². The number of nitrogens with zero attached hydrogens (tertiary/aromatic N) is 2. The number of carbonyl (C=O) groups is 2. The molecule has 2 aliphatic heterocycles. The van der Waals surface area contributed by atoms with E-state index in [-0.39, 0.29) is 23.8 Å². The van der Waals surface area contributed by atoms with Crippen molar-refractivity contribution >= 4 is 11.8 Å². The van der Waals surface area contributed by atoms with Gasteiger partial charge >= 0.3 is 0 Å². The van der Waals surface area contributed by atoms with E-state index in [1.54, 1.807) is 0 Å². The average molecular weight is 342 g/mol. The lowest BCUT2D eigenvalue weighted by Crippen LogP contribution is -2.44. The van der Waals surface area contributed by atoms with E-state index < -0.39 is 0 Å². The number of hydrogen-bond donors (Lipinski definition) is 0. The molecule has 25 heavy (non-hydrogen) atoms. The van der Waals surface area contributed by atoms with Crippen LogP contribution in [0.15, 0.2) is 18.2 Å². The number of likely N-dealkylation sites (tertiary alicyclic amines) is 1. The van der Waals surface area contributed by atoms with E-state index in [0.717, 1.165) is 56.5 Å². The fourth-order valence-corrected chi connectivity index (χ4v) is 3.90. The molecule has 0 radical (unpaired) electrons. The molecule has 5 nitrogen and oxygen atoms in total. The predicted octanol–water partition coefficient (Wildman–Crippen LogP) is 2.83. The first-order valence-electron chi connectivity index (χ1n) is 9.49. The third-order valence-electron chi connectivity index (χ3n) is 5.79. The molecule has 1 aromatic rings. The highest BCUT2D eigenvalue weighted by Crippen LogP contribution is 2.32. The Labute approximate surface area is 148 Å². The molecule has 2 fully saturated rings.